The van der Waals surface area contributed by atoms with E-state index in [0.29, 0.717) is 6.61 Å². The first-order chi connectivity index (χ1) is 10.1. The van der Waals surface area contributed by atoms with Crippen molar-refractivity contribution in [3.63, 3.8) is 0 Å². The highest BCUT2D eigenvalue weighted by molar-refractivity contribution is 5.89. The van der Waals surface area contributed by atoms with Crippen LogP contribution in [0.25, 0.3) is 0 Å². The molecule has 0 radical (unpaired) electrons. The molecular weight excluding hydrogens is 282 g/mol. The van der Waals surface area contributed by atoms with E-state index in [4.69, 9.17) is 14.2 Å². The summed E-state index contributed by atoms with van der Waals surface area (Å²) in [5, 5.41) is 23.3. The molecule has 0 spiro atoms. The lowest BCUT2D eigenvalue weighted by Crippen LogP contribution is -2.36. The number of carbonyl (C=O) groups is 1. The molecule has 0 amide bonds. The summed E-state index contributed by atoms with van der Waals surface area (Å²) in [7, 11) is 1.54. The summed E-state index contributed by atoms with van der Waals surface area (Å²) >= 11 is 0. The molecule has 1 aliphatic rings. The molecular formula is C12H19N3O6. The third kappa shape index (κ3) is 3.44. The Morgan fingerprint density at radius 2 is 2.29 bits per heavy atom. The number of hydrogen-bond acceptors (Lipinski definition) is 8. The van der Waals surface area contributed by atoms with Crippen molar-refractivity contribution in [2.24, 2.45) is 0 Å². The maximum Gasteiger partial charge on any atom is 0.217 e. The van der Waals surface area contributed by atoms with Gasteiger partial charge in [0.15, 0.2) is 12.0 Å². The molecule has 0 saturated carbocycles. The zero-order chi connectivity index (χ0) is 15.4. The number of carbonyl (C=O) groups excluding carboxylic acids is 1. The number of aliphatic hydroxyl groups excluding tert-OH is 2. The van der Waals surface area contributed by atoms with E-state index in [1.807, 2.05) is 0 Å². The van der Waals surface area contributed by atoms with E-state index >= 15 is 0 Å². The fraction of sp³-hybridized carbons (Fsp3) is 0.750. The second-order valence-corrected chi connectivity index (χ2v) is 4.67. The summed E-state index contributed by atoms with van der Waals surface area (Å²) in [6, 6.07) is 0. The summed E-state index contributed by atoms with van der Waals surface area (Å²) in [5.41, 5.74) is 0. The Hall–Kier alpha value is -1.39. The molecule has 1 aromatic heterocycles. The van der Waals surface area contributed by atoms with Crippen LogP contribution in [0.2, 0.25) is 0 Å². The second kappa shape index (κ2) is 7.05. The van der Waals surface area contributed by atoms with Gasteiger partial charge < -0.3 is 24.4 Å². The molecule has 4 atom stereocenters. The van der Waals surface area contributed by atoms with Crippen LogP contribution in [0.5, 0.6) is 0 Å². The second-order valence-electron chi connectivity index (χ2n) is 4.67. The van der Waals surface area contributed by atoms with Gasteiger partial charge in [0, 0.05) is 14.0 Å². The van der Waals surface area contributed by atoms with Gasteiger partial charge in [-0.1, -0.05) is 0 Å². The Morgan fingerprint density at radius 1 is 1.52 bits per heavy atom. The number of aliphatic hydroxyl groups is 2. The smallest absolute Gasteiger partial charge is 0.217 e. The predicted octanol–water partition coefficient (Wildman–Crippen LogP) is -1.24. The average molecular weight is 301 g/mol. The number of hydrogen-bond donors (Lipinski definition) is 2. The Balaban J connectivity index is 2.14. The fourth-order valence-electron chi connectivity index (χ4n) is 2.09. The Morgan fingerprint density at radius 3 is 2.86 bits per heavy atom. The van der Waals surface area contributed by atoms with E-state index in [1.165, 1.54) is 25.0 Å². The van der Waals surface area contributed by atoms with E-state index in [2.05, 4.69) is 10.1 Å². The molecule has 9 heteroatoms. The van der Waals surface area contributed by atoms with E-state index in [1.54, 1.807) is 0 Å². The maximum atomic E-state index is 11.2. The molecule has 2 N–H and O–H groups in total. The summed E-state index contributed by atoms with van der Waals surface area (Å²) in [6.07, 6.45) is -1.97. The highest BCUT2D eigenvalue weighted by Gasteiger charge is 2.45. The molecule has 9 nitrogen and oxygen atoms in total. The largest absolute Gasteiger partial charge is 0.394 e. The van der Waals surface area contributed by atoms with E-state index < -0.39 is 24.5 Å². The Bertz CT molecular complexity index is 479. The normalized spacial score (nSPS) is 29.0. The quantitative estimate of drug-likeness (QED) is 0.475. The lowest BCUT2D eigenvalue weighted by Gasteiger charge is -2.20. The van der Waals surface area contributed by atoms with Gasteiger partial charge in [-0.05, 0) is 0 Å². The molecule has 0 aromatic carbocycles. The number of aromatic nitrogens is 3. The molecule has 21 heavy (non-hydrogen) atoms. The molecule has 2 heterocycles. The lowest BCUT2D eigenvalue weighted by molar-refractivity contribution is -0.0852. The van der Waals surface area contributed by atoms with Crippen LogP contribution in [0.4, 0.5) is 0 Å². The van der Waals surface area contributed by atoms with Crippen LogP contribution in [-0.4, -0.2) is 76.0 Å². The van der Waals surface area contributed by atoms with Gasteiger partial charge in [0.2, 0.25) is 5.82 Å². The Labute approximate surface area is 121 Å². The minimum absolute atomic E-state index is 0.0520. The van der Waals surface area contributed by atoms with E-state index in [9.17, 15) is 15.0 Å². The van der Waals surface area contributed by atoms with E-state index in [-0.39, 0.29) is 24.8 Å². The van der Waals surface area contributed by atoms with Crippen molar-refractivity contribution >= 4 is 5.78 Å². The van der Waals surface area contributed by atoms with Crippen LogP contribution >= 0.6 is 0 Å². The molecule has 1 aromatic rings. The van der Waals surface area contributed by atoms with Gasteiger partial charge in [0.05, 0.1) is 19.8 Å². The zero-order valence-electron chi connectivity index (χ0n) is 11.9. The molecule has 0 aliphatic carbocycles. The monoisotopic (exact) mass is 301 g/mol. The molecule has 0 bridgehead atoms. The number of ether oxygens (including phenoxy) is 3. The topological polar surface area (TPSA) is 116 Å². The Kier molecular flexibility index (Phi) is 5.37. The van der Waals surface area contributed by atoms with Crippen molar-refractivity contribution in [3.05, 3.63) is 12.2 Å². The minimum atomic E-state index is -1.01. The highest BCUT2D eigenvalue weighted by Crippen LogP contribution is 2.31. The maximum absolute atomic E-state index is 11.2. The van der Waals surface area contributed by atoms with Crippen LogP contribution in [-0.2, 0) is 14.2 Å². The first-order valence-electron chi connectivity index (χ1n) is 6.55. The predicted molar refractivity (Wildman–Crippen MR) is 68.6 cm³/mol. The number of ketones is 1. The van der Waals surface area contributed by atoms with Gasteiger partial charge in [0.25, 0.3) is 0 Å². The first-order valence-corrected chi connectivity index (χ1v) is 6.55. The van der Waals surface area contributed by atoms with Crippen molar-refractivity contribution in [1.82, 2.24) is 14.8 Å². The third-order valence-electron chi connectivity index (χ3n) is 3.17. The molecule has 2 rings (SSSR count). The number of nitrogens with zero attached hydrogens (tertiary/aromatic N) is 3. The highest BCUT2D eigenvalue weighted by atomic mass is 16.6. The van der Waals surface area contributed by atoms with Crippen molar-refractivity contribution in [2.75, 3.05) is 26.9 Å². The van der Waals surface area contributed by atoms with Crippen molar-refractivity contribution in [2.45, 2.75) is 31.5 Å². The van der Waals surface area contributed by atoms with Crippen molar-refractivity contribution < 1.29 is 29.2 Å². The summed E-state index contributed by atoms with van der Waals surface area (Å²) in [4.78, 5) is 15.1. The molecule has 1 fully saturated rings. The standard InChI is InChI=1S/C12H19N3O6/c1-7(17)11-13-6-15(14-11)12-10(20-4-3-19-2)9(18)8(5-16)21-12/h6,8-10,12,16,18H,3-5H2,1-2H3/t8-,9?,10+,12-/m1/s1. The minimum Gasteiger partial charge on any atom is -0.394 e. The molecule has 118 valence electrons. The van der Waals surface area contributed by atoms with Gasteiger partial charge >= 0.3 is 0 Å². The van der Waals surface area contributed by atoms with E-state index in [0.717, 1.165) is 0 Å². The van der Waals surface area contributed by atoms with Gasteiger partial charge in [-0.3, -0.25) is 4.79 Å². The number of rotatable bonds is 7. The van der Waals surface area contributed by atoms with Crippen LogP contribution in [0, 0.1) is 0 Å². The molecule has 1 saturated heterocycles. The lowest BCUT2D eigenvalue weighted by atomic mass is 10.1. The van der Waals surface area contributed by atoms with Crippen LogP contribution in [0.3, 0.4) is 0 Å². The van der Waals surface area contributed by atoms with Gasteiger partial charge in [-0.2, -0.15) is 0 Å². The average Bonchev–Trinajstić information content (AvgIpc) is 3.05. The first kappa shape index (κ1) is 16.0. The van der Waals surface area contributed by atoms with Gasteiger partial charge in [0.1, 0.15) is 24.6 Å². The third-order valence-corrected chi connectivity index (χ3v) is 3.17. The van der Waals surface area contributed by atoms with Gasteiger partial charge in [-0.25, -0.2) is 9.67 Å². The SMILES string of the molecule is COCCO[C@H]1C(O)[C@@H](CO)O[C@H]1n1cnc(C(C)=O)n1. The summed E-state index contributed by atoms with van der Waals surface area (Å²) < 4.78 is 17.3. The number of methoxy groups -OCH3 is 1. The van der Waals surface area contributed by atoms with Crippen LogP contribution in [0.15, 0.2) is 6.33 Å². The molecule has 1 unspecified atom stereocenters. The van der Waals surface area contributed by atoms with Crippen molar-refractivity contribution in [3.8, 4) is 0 Å². The van der Waals surface area contributed by atoms with Crippen molar-refractivity contribution in [1.29, 1.82) is 0 Å². The van der Waals surface area contributed by atoms with Gasteiger partial charge in [-0.15, -0.1) is 5.10 Å². The zero-order valence-corrected chi connectivity index (χ0v) is 11.9. The molecule has 1 aliphatic heterocycles. The van der Waals surface area contributed by atoms with Crippen LogP contribution < -0.4 is 0 Å². The summed E-state index contributed by atoms with van der Waals surface area (Å²) in [6.45, 7) is 1.61. The fourth-order valence-corrected chi connectivity index (χ4v) is 2.09. The summed E-state index contributed by atoms with van der Waals surface area (Å²) in [5.74, 6) is -0.223. The number of Topliss-reactive ketones (excluding diaryl/α,β-unsaturated/α-hetero) is 1. The van der Waals surface area contributed by atoms with Crippen LogP contribution in [0.1, 0.15) is 23.8 Å².